The third kappa shape index (κ3) is 1.95. The highest BCUT2D eigenvalue weighted by Crippen LogP contribution is 2.31. The van der Waals surface area contributed by atoms with E-state index in [4.69, 9.17) is 9.47 Å². The first-order valence-electron chi connectivity index (χ1n) is 4.44. The summed E-state index contributed by atoms with van der Waals surface area (Å²) in [7, 11) is 0. The third-order valence-electron chi connectivity index (χ3n) is 2.12. The van der Waals surface area contributed by atoms with Crippen molar-refractivity contribution in [1.29, 1.82) is 0 Å². The molecule has 0 radical (unpaired) electrons. The lowest BCUT2D eigenvalue weighted by Gasteiger charge is -2.28. The summed E-state index contributed by atoms with van der Waals surface area (Å²) in [5, 5.41) is 9.60. The molecule has 0 aromatic heterocycles. The quantitative estimate of drug-likeness (QED) is 0.667. The molecule has 1 aromatic rings. The lowest BCUT2D eigenvalue weighted by molar-refractivity contribution is 0.00276. The van der Waals surface area contributed by atoms with Crippen LogP contribution in [0.25, 0.3) is 0 Å². The second kappa shape index (κ2) is 4.35. The molecule has 2 rings (SSSR count). The van der Waals surface area contributed by atoms with Crippen LogP contribution in [0.15, 0.2) is 24.3 Å². The van der Waals surface area contributed by atoms with Gasteiger partial charge in [-0.2, -0.15) is 0 Å². The van der Waals surface area contributed by atoms with E-state index in [0.29, 0.717) is 16.8 Å². The highest BCUT2D eigenvalue weighted by molar-refractivity contribution is 14.1. The molecule has 2 atom stereocenters. The van der Waals surface area contributed by atoms with Crippen molar-refractivity contribution in [2.45, 2.75) is 12.2 Å². The number of alkyl halides is 1. The number of halogens is 1. The van der Waals surface area contributed by atoms with Crippen LogP contribution in [0.1, 0.15) is 0 Å². The molecular formula is C10H11IO3. The Kier molecular flexibility index (Phi) is 3.12. The number of fused-ring (bicyclic) bond motifs is 1. The molecule has 1 N–H and O–H groups in total. The maximum absolute atomic E-state index is 9.60. The van der Waals surface area contributed by atoms with E-state index < -0.39 is 6.10 Å². The van der Waals surface area contributed by atoms with Crippen molar-refractivity contribution in [3.8, 4) is 11.5 Å². The largest absolute Gasteiger partial charge is 0.486 e. The van der Waals surface area contributed by atoms with Crippen LogP contribution in [0, 0.1) is 0 Å². The SMILES string of the molecule is OC(CI)C1COc2ccccc2O1. The highest BCUT2D eigenvalue weighted by atomic mass is 127. The summed E-state index contributed by atoms with van der Waals surface area (Å²) in [5.41, 5.74) is 0. The topological polar surface area (TPSA) is 38.7 Å². The molecule has 0 bridgehead atoms. The Balaban J connectivity index is 2.13. The Hall–Kier alpha value is -0.490. The van der Waals surface area contributed by atoms with Crippen molar-refractivity contribution in [3.63, 3.8) is 0 Å². The van der Waals surface area contributed by atoms with E-state index in [-0.39, 0.29) is 6.10 Å². The van der Waals surface area contributed by atoms with Gasteiger partial charge in [0.25, 0.3) is 0 Å². The summed E-state index contributed by atoms with van der Waals surface area (Å²) in [6.45, 7) is 0.418. The van der Waals surface area contributed by atoms with Gasteiger partial charge in [0.2, 0.25) is 0 Å². The number of hydrogen-bond donors (Lipinski definition) is 1. The van der Waals surface area contributed by atoms with Crippen molar-refractivity contribution >= 4 is 22.6 Å². The number of para-hydroxylation sites is 2. The van der Waals surface area contributed by atoms with Gasteiger partial charge in [0, 0.05) is 4.43 Å². The molecule has 4 heteroatoms. The Bertz CT molecular complexity index is 316. The molecule has 1 aromatic carbocycles. The van der Waals surface area contributed by atoms with Gasteiger partial charge in [-0.3, -0.25) is 0 Å². The molecule has 76 valence electrons. The molecule has 0 saturated carbocycles. The molecule has 14 heavy (non-hydrogen) atoms. The molecule has 3 nitrogen and oxygen atoms in total. The molecule has 1 aliphatic heterocycles. The van der Waals surface area contributed by atoms with E-state index in [1.807, 2.05) is 24.3 Å². The number of aliphatic hydroxyl groups is 1. The molecular weight excluding hydrogens is 295 g/mol. The molecule has 0 spiro atoms. The number of benzene rings is 1. The van der Waals surface area contributed by atoms with Crippen LogP contribution in [0.5, 0.6) is 11.5 Å². The van der Waals surface area contributed by atoms with Crippen LogP contribution >= 0.6 is 22.6 Å². The van der Waals surface area contributed by atoms with Gasteiger partial charge < -0.3 is 14.6 Å². The summed E-state index contributed by atoms with van der Waals surface area (Å²) >= 11 is 2.13. The summed E-state index contributed by atoms with van der Waals surface area (Å²) in [6, 6.07) is 7.50. The second-order valence-corrected chi connectivity index (χ2v) is 4.02. The summed E-state index contributed by atoms with van der Waals surface area (Å²) in [5.74, 6) is 1.47. The maximum atomic E-state index is 9.60. The number of rotatable bonds is 2. The molecule has 0 aliphatic carbocycles. The van der Waals surface area contributed by atoms with Crippen molar-refractivity contribution < 1.29 is 14.6 Å². The lowest BCUT2D eigenvalue weighted by atomic mass is 10.2. The zero-order valence-corrected chi connectivity index (χ0v) is 9.68. The minimum Gasteiger partial charge on any atom is -0.486 e. The molecule has 1 heterocycles. The molecule has 0 saturated heterocycles. The minimum atomic E-state index is -0.469. The van der Waals surface area contributed by atoms with E-state index in [0.717, 1.165) is 5.75 Å². The zero-order chi connectivity index (χ0) is 9.97. The predicted molar refractivity (Wildman–Crippen MR) is 61.2 cm³/mol. The van der Waals surface area contributed by atoms with E-state index in [1.54, 1.807) is 0 Å². The lowest BCUT2D eigenvalue weighted by Crippen LogP contribution is -2.40. The van der Waals surface area contributed by atoms with Gasteiger partial charge in [0.05, 0.1) is 0 Å². The summed E-state index contributed by atoms with van der Waals surface area (Å²) < 4.78 is 11.7. The minimum absolute atomic E-state index is 0.248. The fraction of sp³-hybridized carbons (Fsp3) is 0.400. The van der Waals surface area contributed by atoms with Crippen LogP contribution < -0.4 is 9.47 Å². The fourth-order valence-corrected chi connectivity index (χ4v) is 1.89. The van der Waals surface area contributed by atoms with Crippen molar-refractivity contribution in [1.82, 2.24) is 0 Å². The van der Waals surface area contributed by atoms with Crippen LogP contribution in [0.3, 0.4) is 0 Å². The van der Waals surface area contributed by atoms with E-state index in [2.05, 4.69) is 22.6 Å². The van der Waals surface area contributed by atoms with Crippen LogP contribution in [0.4, 0.5) is 0 Å². The van der Waals surface area contributed by atoms with Gasteiger partial charge in [-0.05, 0) is 12.1 Å². The summed E-state index contributed by atoms with van der Waals surface area (Å²) in [4.78, 5) is 0. The predicted octanol–water partition coefficient (Wildman–Crippen LogP) is 1.62. The van der Waals surface area contributed by atoms with Gasteiger partial charge in [0.1, 0.15) is 12.7 Å². The first-order valence-corrected chi connectivity index (χ1v) is 5.96. The van der Waals surface area contributed by atoms with Gasteiger partial charge in [-0.15, -0.1) is 0 Å². The Labute approximate surface area is 96.2 Å². The van der Waals surface area contributed by atoms with Gasteiger partial charge in [-0.1, -0.05) is 34.7 Å². The standard InChI is InChI=1S/C10H11IO3/c11-5-7(12)10-6-13-8-3-1-2-4-9(8)14-10/h1-4,7,10,12H,5-6H2. The van der Waals surface area contributed by atoms with Crippen LogP contribution in [-0.4, -0.2) is 28.3 Å². The second-order valence-electron chi connectivity index (χ2n) is 3.14. The van der Waals surface area contributed by atoms with Gasteiger partial charge >= 0.3 is 0 Å². The molecule has 0 fully saturated rings. The average Bonchev–Trinajstić information content (AvgIpc) is 2.27. The molecule has 2 unspecified atom stereocenters. The Morgan fingerprint density at radius 1 is 1.43 bits per heavy atom. The average molecular weight is 306 g/mol. The first kappa shape index (κ1) is 10.0. The van der Waals surface area contributed by atoms with E-state index in [1.165, 1.54) is 0 Å². The summed E-state index contributed by atoms with van der Waals surface area (Å²) in [6.07, 6.45) is -0.717. The maximum Gasteiger partial charge on any atom is 0.161 e. The zero-order valence-electron chi connectivity index (χ0n) is 7.52. The fourth-order valence-electron chi connectivity index (χ4n) is 1.32. The van der Waals surface area contributed by atoms with Crippen LogP contribution in [-0.2, 0) is 0 Å². The normalized spacial score (nSPS) is 21.7. The smallest absolute Gasteiger partial charge is 0.161 e. The number of hydrogen-bond acceptors (Lipinski definition) is 3. The van der Waals surface area contributed by atoms with Gasteiger partial charge in [-0.25, -0.2) is 0 Å². The van der Waals surface area contributed by atoms with E-state index in [9.17, 15) is 5.11 Å². The van der Waals surface area contributed by atoms with E-state index >= 15 is 0 Å². The Morgan fingerprint density at radius 3 is 2.86 bits per heavy atom. The highest BCUT2D eigenvalue weighted by Gasteiger charge is 2.26. The van der Waals surface area contributed by atoms with Crippen LogP contribution in [0.2, 0.25) is 0 Å². The monoisotopic (exact) mass is 306 g/mol. The molecule has 1 aliphatic rings. The number of aliphatic hydroxyl groups excluding tert-OH is 1. The molecule has 0 amide bonds. The van der Waals surface area contributed by atoms with Crippen molar-refractivity contribution in [3.05, 3.63) is 24.3 Å². The first-order chi connectivity index (χ1) is 6.81. The van der Waals surface area contributed by atoms with Crippen molar-refractivity contribution in [2.75, 3.05) is 11.0 Å². The van der Waals surface area contributed by atoms with Crippen molar-refractivity contribution in [2.24, 2.45) is 0 Å². The van der Waals surface area contributed by atoms with Gasteiger partial charge in [0.15, 0.2) is 17.6 Å². The Morgan fingerprint density at radius 2 is 2.14 bits per heavy atom. The third-order valence-corrected chi connectivity index (χ3v) is 3.02. The number of ether oxygens (including phenoxy) is 2.